The molecule has 1 atom stereocenters. The molecule has 1 saturated heterocycles. The zero-order chi connectivity index (χ0) is 94.0. The molecule has 0 radical (unpaired) electrons. The van der Waals surface area contributed by atoms with Gasteiger partial charge in [-0.25, -0.2) is 5.14 Å². The molecule has 0 bridgehead atoms. The van der Waals surface area contributed by atoms with E-state index in [0.717, 1.165) is 122 Å². The second-order valence-electron chi connectivity index (χ2n) is 42.1. The van der Waals surface area contributed by atoms with Gasteiger partial charge in [-0.05, 0) is 243 Å². The number of rotatable bonds is 10. The quantitative estimate of drug-likeness (QED) is 0.0599. The zero-order valence-electron chi connectivity index (χ0n) is 83.9. The van der Waals surface area contributed by atoms with Crippen LogP contribution in [0.3, 0.4) is 0 Å². The fourth-order valence-corrected chi connectivity index (χ4v) is 21.9. The first-order chi connectivity index (χ1) is 63.8. The van der Waals surface area contributed by atoms with Crippen molar-refractivity contribution >= 4 is 75.6 Å². The summed E-state index contributed by atoms with van der Waals surface area (Å²) in [4.78, 5) is 21.7. The van der Waals surface area contributed by atoms with E-state index >= 15 is 0 Å². The van der Waals surface area contributed by atoms with Crippen molar-refractivity contribution in [1.82, 2.24) is 69.3 Å². The molecule has 0 amide bonds. The third-order valence-electron chi connectivity index (χ3n) is 30.1. The van der Waals surface area contributed by atoms with E-state index in [2.05, 4.69) is 344 Å². The Morgan fingerprint density at radius 3 is 1.17 bits per heavy atom. The molecular formula is C115H155N15O2S. The summed E-state index contributed by atoms with van der Waals surface area (Å²) in [5.41, 5.74) is 42.6. The van der Waals surface area contributed by atoms with Crippen molar-refractivity contribution in [2.45, 2.75) is 274 Å². The Morgan fingerprint density at radius 2 is 0.684 bits per heavy atom. The highest BCUT2D eigenvalue weighted by Crippen LogP contribution is 2.38. The number of nitrogens with zero attached hydrogens (tertiary/aromatic N) is 6. The molecule has 8 aliphatic heterocycles. The molecule has 8 aromatic carbocycles. The Labute approximate surface area is 794 Å². The van der Waals surface area contributed by atoms with Gasteiger partial charge in [0, 0.05) is 244 Å². The van der Waals surface area contributed by atoms with E-state index in [1.807, 2.05) is 6.07 Å². The van der Waals surface area contributed by atoms with E-state index in [4.69, 9.17) is 5.14 Å². The lowest BCUT2D eigenvalue weighted by Crippen LogP contribution is -2.40. The first-order valence-electron chi connectivity index (χ1n) is 50.5. The number of aryl methyl sites for hydroxylation is 3. The van der Waals surface area contributed by atoms with Gasteiger partial charge in [-0.2, -0.15) is 12.7 Å². The topological polar surface area (TPSA) is 194 Å². The molecule has 9 aliphatic rings. The minimum Gasteiger partial charge on any atom is -0.358 e. The Kier molecular flexibility index (Phi) is 30.6. The fraction of sp³-hybridized carbons (Fsp3) is 0.478. The van der Waals surface area contributed by atoms with Crippen molar-refractivity contribution in [3.8, 4) is 0 Å². The van der Waals surface area contributed by atoms with Crippen LogP contribution in [0.2, 0.25) is 0 Å². The lowest BCUT2D eigenvalue weighted by molar-refractivity contribution is 0.310. The van der Waals surface area contributed by atoms with Crippen LogP contribution in [-0.4, -0.2) is 136 Å². The van der Waals surface area contributed by atoms with Gasteiger partial charge in [0.05, 0.1) is 0 Å². The molecule has 23 rings (SSSR count). The van der Waals surface area contributed by atoms with Crippen LogP contribution in [0, 0.1) is 0 Å². The number of nitrogens with one attached hydrogen (secondary N) is 8. The third-order valence-corrected chi connectivity index (χ3v) is 31.1. The molecule has 708 valence electrons. The zero-order valence-corrected chi connectivity index (χ0v) is 84.7. The number of hydrogen-bond donors (Lipinski definition) is 9. The number of likely N-dealkylation sites (N-methyl/N-ethyl adjacent to an activating group) is 2. The first kappa shape index (κ1) is 96.7. The van der Waals surface area contributed by atoms with E-state index in [1.54, 1.807) is 16.7 Å². The predicted molar refractivity (Wildman–Crippen MR) is 561 cm³/mol. The summed E-state index contributed by atoms with van der Waals surface area (Å²) >= 11 is 0. The number of fused-ring (bicyclic) bond motifs is 20. The molecule has 0 saturated carbocycles. The second-order valence-corrected chi connectivity index (χ2v) is 43.7. The number of hydrogen-bond acceptors (Lipinski definition) is 9. The second kappa shape index (κ2) is 42.1. The largest absolute Gasteiger partial charge is 0.358 e. The molecule has 1 aliphatic carbocycles. The summed E-state index contributed by atoms with van der Waals surface area (Å²) < 4.78 is 28.6. The standard InChI is InChI=1S/4C15H20N2.C15H21N.2C14H18N2.C12H18N2O2S/c1-10(2)11-4-5-12-13-9-17(3)7-6-14(13)16-15(12)8-11;1-10(2)11-4-5-12-13-9-16-7-6-14(13)17(3)15(12)8-11;1-10(2)11-4-5-12-13-6-7-17(3)9-15(13)16-14(12)8-11;1-10(2)11-4-5-12-13-6-7-16-9-15(13)17(3)14(12)8-11;1-11(2)12-3-4-14-10-15(16-7-8-16)6-5-13(14)9-12;2*1-9(2)10-3-4-11-12-8-15-6-5-13(12)16-14(11)7-10;1-9(2)10-3-4-12-8-14(17(13,15)16)6-5-11(12)7-10/h4*4-5,8,10,16H,6-7,9H2,1-3H3;3-4,9,11,15H,5-8,10H2,1-2H3;2*3-4,7,9,15-16H,5-6,8H2,1-2H3;3-4,7,9H,5-6,8H2,1-2H3,(H2,13,15,16). The highest BCUT2D eigenvalue weighted by molar-refractivity contribution is 7.86. The smallest absolute Gasteiger partial charge is 0.277 e. The van der Waals surface area contributed by atoms with Crippen LogP contribution >= 0.6 is 0 Å². The molecule has 1 fully saturated rings. The summed E-state index contributed by atoms with van der Waals surface area (Å²) in [5.74, 6) is 4.76. The van der Waals surface area contributed by atoms with Gasteiger partial charge in [0.15, 0.2) is 0 Å². The number of aromatic nitrogens is 6. The van der Waals surface area contributed by atoms with Gasteiger partial charge >= 0.3 is 0 Å². The van der Waals surface area contributed by atoms with E-state index in [9.17, 15) is 8.42 Å². The van der Waals surface area contributed by atoms with Gasteiger partial charge in [0.1, 0.15) is 0 Å². The van der Waals surface area contributed by atoms with Crippen LogP contribution in [0.1, 0.15) is 299 Å². The van der Waals surface area contributed by atoms with Crippen LogP contribution in [0.4, 0.5) is 0 Å². The summed E-state index contributed by atoms with van der Waals surface area (Å²) in [5, 5.41) is 27.5. The van der Waals surface area contributed by atoms with Crippen molar-refractivity contribution in [2.24, 2.45) is 19.2 Å². The highest BCUT2D eigenvalue weighted by atomic mass is 32.2. The Hall–Kier alpha value is -9.41. The monoisotopic (exact) mass is 1810 g/mol. The molecule has 18 heteroatoms. The molecule has 14 aromatic rings. The Balaban J connectivity index is 0.000000111. The number of benzene rings is 8. The van der Waals surface area contributed by atoms with E-state index in [1.165, 1.54) is 227 Å². The van der Waals surface area contributed by atoms with Gasteiger partial charge in [-0.1, -0.05) is 220 Å². The van der Waals surface area contributed by atoms with Gasteiger partial charge in [-0.15, -0.1) is 0 Å². The van der Waals surface area contributed by atoms with Crippen molar-refractivity contribution < 1.29 is 8.42 Å². The predicted octanol–water partition coefficient (Wildman–Crippen LogP) is 22.7. The summed E-state index contributed by atoms with van der Waals surface area (Å²) in [7, 11) is 5.22. The number of H-pyrrole nitrogens is 4. The molecule has 1 unspecified atom stereocenters. The molecule has 10 N–H and O–H groups in total. The summed E-state index contributed by atoms with van der Waals surface area (Å²) in [6.07, 6.45) is 11.6. The normalized spacial score (nSPS) is 17.2. The number of aromatic amines is 4. The van der Waals surface area contributed by atoms with Gasteiger partial charge in [0.2, 0.25) is 0 Å². The molecule has 17 nitrogen and oxygen atoms in total. The van der Waals surface area contributed by atoms with Gasteiger partial charge in [0.25, 0.3) is 10.2 Å². The Bertz CT molecular complexity index is 6330. The molecule has 0 spiro atoms. The molecular weight excluding hydrogens is 1660 g/mol. The van der Waals surface area contributed by atoms with Crippen molar-refractivity contribution in [1.29, 1.82) is 0 Å². The fourth-order valence-electron chi connectivity index (χ4n) is 21.3. The molecule has 133 heavy (non-hydrogen) atoms. The van der Waals surface area contributed by atoms with Crippen LogP contribution in [0.5, 0.6) is 0 Å². The first-order valence-corrected chi connectivity index (χ1v) is 52.0. The maximum Gasteiger partial charge on any atom is 0.277 e. The van der Waals surface area contributed by atoms with E-state index in [-0.39, 0.29) is 0 Å². The van der Waals surface area contributed by atoms with Crippen LogP contribution in [0.25, 0.3) is 65.4 Å². The highest BCUT2D eigenvalue weighted by Gasteiger charge is 2.32. The number of nitrogens with two attached hydrogens (primary N) is 1. The van der Waals surface area contributed by atoms with Gasteiger partial charge < -0.3 is 60.1 Å². The van der Waals surface area contributed by atoms with Crippen molar-refractivity contribution in [2.75, 3.05) is 73.0 Å². The van der Waals surface area contributed by atoms with Crippen LogP contribution in [-0.2, 0) is 128 Å². The SMILES string of the molecule is CC(C)c1ccc2c(c1)CCC(N1CC1)C2.CC(C)c1ccc2c(c1)CCN(S(N)(=O)=O)C2.CC(C)c1ccc2c3c([nH]c2c1)CCN(C)C3.CC(C)c1ccc2c3c([nH]c2c1)CCNC3.CC(C)c1ccc2c3c([nH]c2c1)CCNC3.CC(C)c1ccc2c3c([nH]c2c1)CN(C)CC3.CC(C)c1ccc2c3c(n(C)c2c1)CCNC3.CC(C)c1ccc2c3c(n(C)c2c1)CNCC3. The van der Waals surface area contributed by atoms with Crippen molar-refractivity contribution in [3.63, 3.8) is 0 Å². The van der Waals surface area contributed by atoms with Gasteiger partial charge in [-0.3, -0.25) is 4.90 Å². The molecule has 6 aromatic heterocycles. The summed E-state index contributed by atoms with van der Waals surface area (Å²) in [6, 6.07) is 55.6. The van der Waals surface area contributed by atoms with E-state index < -0.39 is 10.2 Å². The minimum absolute atomic E-state index is 0.395. The lowest BCUT2D eigenvalue weighted by Gasteiger charge is -2.27. The van der Waals surface area contributed by atoms with Crippen LogP contribution in [0.15, 0.2) is 146 Å². The average Bonchev–Trinajstić information content (AvgIpc) is 1.62. The lowest BCUT2D eigenvalue weighted by atomic mass is 9.86. The summed E-state index contributed by atoms with van der Waals surface area (Å²) in [6.45, 7) is 52.3. The molecule has 14 heterocycles. The Morgan fingerprint density at radius 1 is 0.308 bits per heavy atom. The third kappa shape index (κ3) is 22.2. The van der Waals surface area contributed by atoms with Crippen LogP contribution < -0.4 is 26.4 Å². The van der Waals surface area contributed by atoms with E-state index in [0.29, 0.717) is 60.4 Å². The average molecular weight is 1810 g/mol. The van der Waals surface area contributed by atoms with Crippen molar-refractivity contribution in [3.05, 3.63) is 280 Å². The minimum atomic E-state index is -3.56. The maximum atomic E-state index is 11.3. The maximum absolute atomic E-state index is 11.3.